The van der Waals surface area contributed by atoms with Crippen LogP contribution in [0.25, 0.3) is 0 Å². The summed E-state index contributed by atoms with van der Waals surface area (Å²) >= 11 is 0. The molecular weight excluding hydrogens is 414 g/mol. The van der Waals surface area contributed by atoms with E-state index in [1.54, 1.807) is 0 Å². The largest absolute Gasteiger partial charge is 1.00 e. The van der Waals surface area contributed by atoms with Gasteiger partial charge in [-0.1, -0.05) is 70.4 Å². The van der Waals surface area contributed by atoms with E-state index < -0.39 is 12.1 Å². The molecule has 6 heteroatoms. The van der Waals surface area contributed by atoms with E-state index >= 15 is 0 Å². The fourth-order valence-electron chi connectivity index (χ4n) is 3.53. The third-order valence-electron chi connectivity index (χ3n) is 5.09. The van der Waals surface area contributed by atoms with Crippen LogP contribution < -0.4 is 12.4 Å². The predicted molar refractivity (Wildman–Crippen MR) is 124 cm³/mol. The van der Waals surface area contributed by atoms with E-state index in [9.17, 15) is 9.59 Å². The van der Waals surface area contributed by atoms with Crippen molar-refractivity contribution in [2.45, 2.75) is 109 Å². The van der Waals surface area contributed by atoms with Gasteiger partial charge in [-0.2, -0.15) is 0 Å². The number of carbonyl (C=O) groups is 2. The van der Waals surface area contributed by atoms with Crippen molar-refractivity contribution in [2.24, 2.45) is 0 Å². The first-order chi connectivity index (χ1) is 14.2. The van der Waals surface area contributed by atoms with E-state index in [4.69, 9.17) is 9.84 Å². The molecular formula is C25H48ClNO4. The highest BCUT2D eigenvalue weighted by Crippen LogP contribution is 2.12. The summed E-state index contributed by atoms with van der Waals surface area (Å²) in [6.45, 7) is 2.76. The Morgan fingerprint density at radius 3 is 1.81 bits per heavy atom. The predicted octanol–water partition coefficient (Wildman–Crippen LogP) is 3.12. The van der Waals surface area contributed by atoms with Gasteiger partial charge in [0.05, 0.1) is 27.6 Å². The highest BCUT2D eigenvalue weighted by Gasteiger charge is 2.24. The number of nitrogens with zero attached hydrogens (tertiary/aromatic N) is 1. The average Bonchev–Trinajstić information content (AvgIpc) is 2.63. The highest BCUT2D eigenvalue weighted by molar-refractivity contribution is 5.71. The molecule has 5 nitrogen and oxygen atoms in total. The number of aliphatic carboxylic acids is 1. The molecule has 0 saturated carbocycles. The summed E-state index contributed by atoms with van der Waals surface area (Å²) in [5.41, 5.74) is 0. The standard InChI is InChI=1S/C25H47NO4.ClH/c1-5-6-7-8-9-10-11-12-13-14-15-16-17-18-19-20-25(29)30-23(21-24(27)28)22-26(2,3)4;/h12-13,23H,5-11,14-22H2,1-4H3;1H/b13-12-;/t23-;/m1./s1. The normalized spacial score (nSPS) is 12.5. The van der Waals surface area contributed by atoms with Gasteiger partial charge in [-0.25, -0.2) is 0 Å². The maximum atomic E-state index is 12.0. The molecule has 0 aliphatic heterocycles. The van der Waals surface area contributed by atoms with Crippen LogP contribution >= 0.6 is 0 Å². The first-order valence-electron chi connectivity index (χ1n) is 12.1. The second-order valence-electron chi connectivity index (χ2n) is 9.52. The molecule has 0 radical (unpaired) electrons. The summed E-state index contributed by atoms with van der Waals surface area (Å²) in [6.07, 6.45) is 20.2. The minimum atomic E-state index is -0.928. The number of ether oxygens (including phenoxy) is 1. The molecule has 0 heterocycles. The molecule has 0 bridgehead atoms. The van der Waals surface area contributed by atoms with Crippen molar-refractivity contribution in [1.82, 2.24) is 0 Å². The molecule has 0 spiro atoms. The number of quaternary nitrogens is 1. The molecule has 1 atom stereocenters. The lowest BCUT2D eigenvalue weighted by Gasteiger charge is -2.28. The van der Waals surface area contributed by atoms with Crippen LogP contribution in [0.4, 0.5) is 0 Å². The van der Waals surface area contributed by atoms with E-state index in [0.29, 0.717) is 17.4 Å². The van der Waals surface area contributed by atoms with Crippen molar-refractivity contribution in [2.75, 3.05) is 27.7 Å². The van der Waals surface area contributed by atoms with E-state index in [-0.39, 0.29) is 24.8 Å². The maximum Gasteiger partial charge on any atom is 0.307 e. The molecule has 0 aliphatic rings. The van der Waals surface area contributed by atoms with E-state index in [2.05, 4.69) is 19.1 Å². The van der Waals surface area contributed by atoms with Gasteiger partial charge in [-0.3, -0.25) is 9.59 Å². The minimum Gasteiger partial charge on any atom is -1.00 e. The lowest BCUT2D eigenvalue weighted by molar-refractivity contribution is -0.873. The third kappa shape index (κ3) is 25.1. The minimum absolute atomic E-state index is 0. The van der Waals surface area contributed by atoms with Crippen molar-refractivity contribution in [1.29, 1.82) is 0 Å². The zero-order valence-electron chi connectivity index (χ0n) is 20.5. The number of esters is 1. The van der Waals surface area contributed by atoms with Gasteiger partial charge in [0.2, 0.25) is 0 Å². The molecule has 0 aromatic rings. The number of hydrogen-bond acceptors (Lipinski definition) is 3. The van der Waals surface area contributed by atoms with Crippen molar-refractivity contribution in [3.05, 3.63) is 12.2 Å². The molecule has 0 aromatic heterocycles. The van der Waals surface area contributed by atoms with Gasteiger partial charge in [-0.05, 0) is 32.1 Å². The second kappa shape index (κ2) is 20.8. The first-order valence-corrected chi connectivity index (χ1v) is 12.1. The van der Waals surface area contributed by atoms with Crippen LogP contribution in [-0.2, 0) is 14.3 Å². The molecule has 0 amide bonds. The van der Waals surface area contributed by atoms with Gasteiger partial charge >= 0.3 is 11.9 Å². The maximum absolute atomic E-state index is 12.0. The molecule has 0 saturated heterocycles. The quantitative estimate of drug-likeness (QED) is 0.131. The Bertz CT molecular complexity index is 475. The zero-order valence-corrected chi connectivity index (χ0v) is 21.3. The van der Waals surface area contributed by atoms with Crippen LogP contribution in [0.2, 0.25) is 0 Å². The Kier molecular flexibility index (Phi) is 21.6. The molecule has 0 aromatic carbocycles. The summed E-state index contributed by atoms with van der Waals surface area (Å²) in [7, 11) is 5.89. The lowest BCUT2D eigenvalue weighted by Crippen LogP contribution is -3.00. The average molecular weight is 462 g/mol. The van der Waals surface area contributed by atoms with Crippen LogP contribution in [0, 0.1) is 0 Å². The number of allylic oxidation sites excluding steroid dienone is 2. The third-order valence-corrected chi connectivity index (χ3v) is 5.09. The smallest absolute Gasteiger partial charge is 0.307 e. The van der Waals surface area contributed by atoms with E-state index in [1.165, 1.54) is 57.8 Å². The van der Waals surface area contributed by atoms with E-state index in [1.807, 2.05) is 21.1 Å². The summed E-state index contributed by atoms with van der Waals surface area (Å²) in [6, 6.07) is 0. The lowest BCUT2D eigenvalue weighted by atomic mass is 10.1. The highest BCUT2D eigenvalue weighted by atomic mass is 35.5. The monoisotopic (exact) mass is 461 g/mol. The topological polar surface area (TPSA) is 63.6 Å². The summed E-state index contributed by atoms with van der Waals surface area (Å²) in [5.74, 6) is -1.20. The van der Waals surface area contributed by atoms with Gasteiger partial charge in [0.25, 0.3) is 0 Å². The Hall–Kier alpha value is -1.07. The number of carboxylic acid groups (broad SMARTS) is 1. The fourth-order valence-corrected chi connectivity index (χ4v) is 3.53. The van der Waals surface area contributed by atoms with Crippen LogP contribution in [0.3, 0.4) is 0 Å². The number of likely N-dealkylation sites (N-methyl/N-ethyl adjacent to an activating group) is 1. The molecule has 0 rings (SSSR count). The van der Waals surface area contributed by atoms with Gasteiger partial charge in [0.1, 0.15) is 6.54 Å². The number of carboxylic acids is 1. The van der Waals surface area contributed by atoms with Crippen LogP contribution in [-0.4, -0.2) is 55.3 Å². The fraction of sp³-hybridized carbons (Fsp3) is 0.840. The van der Waals surface area contributed by atoms with Crippen LogP contribution in [0.1, 0.15) is 103 Å². The Balaban J connectivity index is 0. The summed E-state index contributed by atoms with van der Waals surface area (Å²) < 4.78 is 5.98. The van der Waals surface area contributed by atoms with E-state index in [0.717, 1.165) is 25.7 Å². The van der Waals surface area contributed by atoms with Gasteiger partial charge in [0, 0.05) is 6.42 Å². The number of rotatable bonds is 20. The van der Waals surface area contributed by atoms with Crippen LogP contribution in [0.15, 0.2) is 12.2 Å². The van der Waals surface area contributed by atoms with Crippen LogP contribution in [0.5, 0.6) is 0 Å². The molecule has 0 fully saturated rings. The second-order valence-corrected chi connectivity index (χ2v) is 9.52. The molecule has 31 heavy (non-hydrogen) atoms. The van der Waals surface area contributed by atoms with Gasteiger partial charge < -0.3 is 26.7 Å². The van der Waals surface area contributed by atoms with Crippen molar-refractivity contribution in [3.8, 4) is 0 Å². The Morgan fingerprint density at radius 1 is 0.839 bits per heavy atom. The SMILES string of the molecule is CCCCCCCC/C=C\CCCCCCCC(=O)O[C@H](CC(=O)O)C[N+](C)(C)C.[Cl-]. The Labute approximate surface area is 197 Å². The van der Waals surface area contributed by atoms with Crippen molar-refractivity contribution in [3.63, 3.8) is 0 Å². The number of hydrogen-bond donors (Lipinski definition) is 1. The summed E-state index contributed by atoms with van der Waals surface area (Å²) in [5, 5.41) is 9.01. The molecule has 0 unspecified atom stereocenters. The molecule has 1 N–H and O–H groups in total. The number of unbranched alkanes of at least 4 members (excludes halogenated alkanes) is 11. The zero-order chi connectivity index (χ0) is 22.7. The van der Waals surface area contributed by atoms with Crippen molar-refractivity contribution < 1.29 is 36.3 Å². The van der Waals surface area contributed by atoms with Gasteiger partial charge in [-0.15, -0.1) is 0 Å². The number of carbonyl (C=O) groups excluding carboxylic acids is 1. The molecule has 184 valence electrons. The molecule has 0 aliphatic carbocycles. The first kappa shape index (κ1) is 32.1. The summed E-state index contributed by atoms with van der Waals surface area (Å²) in [4.78, 5) is 23.0. The van der Waals surface area contributed by atoms with Gasteiger partial charge in [0.15, 0.2) is 6.10 Å². The van der Waals surface area contributed by atoms with Crippen molar-refractivity contribution >= 4 is 11.9 Å². The number of halogens is 1. The Morgan fingerprint density at radius 2 is 1.32 bits per heavy atom.